The van der Waals surface area contributed by atoms with Crippen molar-refractivity contribution < 1.29 is 19.4 Å². The van der Waals surface area contributed by atoms with E-state index in [4.69, 9.17) is 4.74 Å². The number of ether oxygens (including phenoxy) is 1. The van der Waals surface area contributed by atoms with Gasteiger partial charge in [0.15, 0.2) is 0 Å². The van der Waals surface area contributed by atoms with E-state index in [1.165, 1.54) is 0 Å². The van der Waals surface area contributed by atoms with E-state index >= 15 is 0 Å². The fourth-order valence-corrected chi connectivity index (χ4v) is 3.84. The maximum absolute atomic E-state index is 13.0. The van der Waals surface area contributed by atoms with Crippen LogP contribution in [0.15, 0.2) is 54.1 Å². The molecule has 0 aliphatic carbocycles. The van der Waals surface area contributed by atoms with E-state index in [-0.39, 0.29) is 11.3 Å². The molecule has 2 aromatic carbocycles. The highest BCUT2D eigenvalue weighted by Crippen LogP contribution is 2.40. The quantitative estimate of drug-likeness (QED) is 0.289. The van der Waals surface area contributed by atoms with E-state index in [0.717, 1.165) is 36.8 Å². The Morgan fingerprint density at radius 1 is 1.07 bits per heavy atom. The van der Waals surface area contributed by atoms with Crippen LogP contribution in [0.4, 0.5) is 0 Å². The zero-order valence-corrected chi connectivity index (χ0v) is 17.9. The number of methoxy groups -OCH3 is 1. The van der Waals surface area contributed by atoms with Gasteiger partial charge in [-0.05, 0) is 31.0 Å². The Morgan fingerprint density at radius 3 is 2.47 bits per heavy atom. The number of benzene rings is 2. The number of unbranched alkanes of at least 4 members (excludes halogenated alkanes) is 3. The number of aliphatic hydroxyl groups is 1. The molecule has 3 rings (SSSR count). The highest BCUT2D eigenvalue weighted by molar-refractivity contribution is 6.46. The van der Waals surface area contributed by atoms with Crippen molar-refractivity contribution in [2.24, 2.45) is 0 Å². The lowest BCUT2D eigenvalue weighted by Gasteiger charge is -2.25. The smallest absolute Gasteiger partial charge is 0.295 e. The van der Waals surface area contributed by atoms with E-state index in [1.807, 2.05) is 43.3 Å². The highest BCUT2D eigenvalue weighted by atomic mass is 16.5. The maximum atomic E-state index is 13.0. The van der Waals surface area contributed by atoms with Gasteiger partial charge >= 0.3 is 0 Å². The molecule has 1 heterocycles. The van der Waals surface area contributed by atoms with Crippen LogP contribution in [0.5, 0.6) is 5.75 Å². The predicted octanol–water partition coefficient (Wildman–Crippen LogP) is 5.01. The molecular formula is C25H29NO4. The first-order valence-corrected chi connectivity index (χ1v) is 10.5. The number of hydrogen-bond donors (Lipinski definition) is 1. The van der Waals surface area contributed by atoms with E-state index in [1.54, 1.807) is 24.1 Å². The average Bonchev–Trinajstić information content (AvgIpc) is 3.01. The van der Waals surface area contributed by atoms with Gasteiger partial charge in [0, 0.05) is 12.1 Å². The summed E-state index contributed by atoms with van der Waals surface area (Å²) < 4.78 is 5.34. The standard InChI is InChI=1S/C25H29NO4/c1-4-5-6-7-15-26-22(19-9-8-10-20(16-19)30-3)21(24(28)25(26)29)23(27)18-13-11-17(2)12-14-18/h8-14,16,22,27H,4-7,15H2,1-3H3/b23-21+/t22-/m1/s1. The molecule has 2 aromatic rings. The third-order valence-electron chi connectivity index (χ3n) is 5.53. The second-order valence-electron chi connectivity index (χ2n) is 7.70. The summed E-state index contributed by atoms with van der Waals surface area (Å²) in [6, 6.07) is 14.0. The highest BCUT2D eigenvalue weighted by Gasteiger charge is 2.45. The molecule has 0 radical (unpaired) electrons. The van der Waals surface area contributed by atoms with Gasteiger partial charge in [0.05, 0.1) is 18.7 Å². The Morgan fingerprint density at radius 2 is 1.80 bits per heavy atom. The summed E-state index contributed by atoms with van der Waals surface area (Å²) in [6.07, 6.45) is 3.97. The number of aliphatic hydroxyl groups excluding tert-OH is 1. The van der Waals surface area contributed by atoms with Gasteiger partial charge in [0.2, 0.25) is 0 Å². The van der Waals surface area contributed by atoms with Crippen LogP contribution in [-0.2, 0) is 9.59 Å². The van der Waals surface area contributed by atoms with Gasteiger partial charge in [-0.2, -0.15) is 0 Å². The fourth-order valence-electron chi connectivity index (χ4n) is 3.84. The van der Waals surface area contributed by atoms with Crippen LogP contribution in [0.1, 0.15) is 55.3 Å². The molecule has 1 aliphatic rings. The van der Waals surface area contributed by atoms with E-state index in [0.29, 0.717) is 17.9 Å². The van der Waals surface area contributed by atoms with Crippen LogP contribution in [0, 0.1) is 6.92 Å². The summed E-state index contributed by atoms with van der Waals surface area (Å²) in [5.41, 5.74) is 2.45. The molecular weight excluding hydrogens is 378 g/mol. The minimum absolute atomic E-state index is 0.132. The van der Waals surface area contributed by atoms with Gasteiger partial charge in [-0.25, -0.2) is 0 Å². The molecule has 1 amide bonds. The molecule has 0 bridgehead atoms. The van der Waals surface area contributed by atoms with Gasteiger partial charge in [0.1, 0.15) is 11.5 Å². The van der Waals surface area contributed by atoms with E-state index in [9.17, 15) is 14.7 Å². The number of rotatable bonds is 8. The third kappa shape index (κ3) is 4.40. The van der Waals surface area contributed by atoms with Gasteiger partial charge in [0.25, 0.3) is 11.7 Å². The Hall–Kier alpha value is -3.08. The summed E-state index contributed by atoms with van der Waals surface area (Å²) in [7, 11) is 1.58. The minimum atomic E-state index is -0.642. The van der Waals surface area contributed by atoms with Crippen LogP contribution < -0.4 is 4.74 Å². The van der Waals surface area contributed by atoms with Gasteiger partial charge in [-0.15, -0.1) is 0 Å². The Labute approximate surface area is 178 Å². The number of aryl methyl sites for hydroxylation is 1. The molecule has 1 N–H and O–H groups in total. The summed E-state index contributed by atoms with van der Waals surface area (Å²) in [5, 5.41) is 11.0. The lowest BCUT2D eigenvalue weighted by Crippen LogP contribution is -2.30. The van der Waals surface area contributed by atoms with Crippen LogP contribution in [-0.4, -0.2) is 35.4 Å². The van der Waals surface area contributed by atoms with Gasteiger partial charge < -0.3 is 14.7 Å². The van der Waals surface area contributed by atoms with Crippen molar-refractivity contribution in [1.82, 2.24) is 4.90 Å². The second kappa shape index (κ2) is 9.61. The van der Waals surface area contributed by atoms with Crippen molar-refractivity contribution in [2.75, 3.05) is 13.7 Å². The zero-order valence-electron chi connectivity index (χ0n) is 17.9. The average molecular weight is 408 g/mol. The molecule has 0 unspecified atom stereocenters. The summed E-state index contributed by atoms with van der Waals surface area (Å²) >= 11 is 0. The first-order valence-electron chi connectivity index (χ1n) is 10.5. The number of amides is 1. The summed E-state index contributed by atoms with van der Waals surface area (Å²) in [6.45, 7) is 4.55. The number of ketones is 1. The number of likely N-dealkylation sites (tertiary alicyclic amines) is 1. The SMILES string of the molecule is CCCCCCN1C(=O)C(=O)/C(=C(/O)c2ccc(C)cc2)[C@H]1c1cccc(OC)c1. The fraction of sp³-hybridized carbons (Fsp3) is 0.360. The van der Waals surface area contributed by atoms with Crippen molar-refractivity contribution in [3.05, 3.63) is 70.8 Å². The number of carbonyl (C=O) groups excluding carboxylic acids is 2. The van der Waals surface area contributed by atoms with Crippen LogP contribution in [0.2, 0.25) is 0 Å². The molecule has 1 saturated heterocycles. The van der Waals surface area contributed by atoms with Crippen LogP contribution in [0.25, 0.3) is 5.76 Å². The molecule has 158 valence electrons. The normalized spacial score (nSPS) is 18.1. The second-order valence-corrected chi connectivity index (χ2v) is 7.70. The Kier molecular flexibility index (Phi) is 6.93. The number of Topliss-reactive ketones (excluding diaryl/α,β-unsaturated/α-hetero) is 1. The molecule has 5 heteroatoms. The lowest BCUT2D eigenvalue weighted by atomic mass is 9.95. The maximum Gasteiger partial charge on any atom is 0.295 e. The first-order chi connectivity index (χ1) is 14.5. The molecule has 0 aromatic heterocycles. The van der Waals surface area contributed by atoms with Crippen molar-refractivity contribution >= 4 is 17.4 Å². The van der Waals surface area contributed by atoms with Crippen molar-refractivity contribution in [3.63, 3.8) is 0 Å². The number of carbonyl (C=O) groups is 2. The monoisotopic (exact) mass is 407 g/mol. The molecule has 0 spiro atoms. The molecule has 5 nitrogen and oxygen atoms in total. The molecule has 1 aliphatic heterocycles. The lowest BCUT2D eigenvalue weighted by molar-refractivity contribution is -0.139. The summed E-state index contributed by atoms with van der Waals surface area (Å²) in [4.78, 5) is 27.5. The van der Waals surface area contributed by atoms with Crippen LogP contribution in [0.3, 0.4) is 0 Å². The minimum Gasteiger partial charge on any atom is -0.507 e. The molecule has 1 atom stereocenters. The van der Waals surface area contributed by atoms with Gasteiger partial charge in [-0.3, -0.25) is 9.59 Å². The Balaban J connectivity index is 2.08. The topological polar surface area (TPSA) is 66.8 Å². The number of nitrogens with zero attached hydrogens (tertiary/aromatic N) is 1. The van der Waals surface area contributed by atoms with Crippen LogP contribution >= 0.6 is 0 Å². The van der Waals surface area contributed by atoms with E-state index in [2.05, 4.69) is 6.92 Å². The molecule has 0 saturated carbocycles. The first kappa shape index (κ1) is 21.6. The van der Waals surface area contributed by atoms with Crippen molar-refractivity contribution in [2.45, 2.75) is 45.6 Å². The van der Waals surface area contributed by atoms with Crippen molar-refractivity contribution in [1.29, 1.82) is 0 Å². The van der Waals surface area contributed by atoms with Gasteiger partial charge in [-0.1, -0.05) is 68.1 Å². The summed E-state index contributed by atoms with van der Waals surface area (Å²) in [5.74, 6) is -0.707. The largest absolute Gasteiger partial charge is 0.507 e. The zero-order chi connectivity index (χ0) is 21.7. The predicted molar refractivity (Wildman–Crippen MR) is 117 cm³/mol. The Bertz CT molecular complexity index is 946. The third-order valence-corrected chi connectivity index (χ3v) is 5.53. The van der Waals surface area contributed by atoms with Crippen molar-refractivity contribution in [3.8, 4) is 5.75 Å². The van der Waals surface area contributed by atoms with E-state index < -0.39 is 17.7 Å². The molecule has 1 fully saturated rings. The number of hydrogen-bond acceptors (Lipinski definition) is 4. The molecule has 30 heavy (non-hydrogen) atoms.